The van der Waals surface area contributed by atoms with E-state index in [2.05, 4.69) is 0 Å². The summed E-state index contributed by atoms with van der Waals surface area (Å²) in [5, 5.41) is 0. The molecule has 1 atom stereocenters. The van der Waals surface area contributed by atoms with Crippen LogP contribution in [0.25, 0.3) is 6.08 Å². The molecule has 9 heteroatoms. The van der Waals surface area contributed by atoms with Gasteiger partial charge in [-0.15, -0.1) is 0 Å². The molecule has 0 N–H and O–H groups in total. The quantitative estimate of drug-likeness (QED) is 0.386. The van der Waals surface area contributed by atoms with Crippen LogP contribution in [0.3, 0.4) is 0 Å². The normalized spacial score (nSPS) is 18.4. The van der Waals surface area contributed by atoms with Crippen LogP contribution in [0.2, 0.25) is 0 Å². The second-order valence-electron chi connectivity index (χ2n) is 8.84. The van der Waals surface area contributed by atoms with Gasteiger partial charge in [-0.2, -0.15) is 0 Å². The number of hydrogen-bond acceptors (Lipinski definition) is 7. The summed E-state index contributed by atoms with van der Waals surface area (Å²) in [6.45, 7) is 5.48. The number of piperidine rings is 1. The van der Waals surface area contributed by atoms with E-state index in [0.717, 1.165) is 23.3 Å². The number of nitrogens with zero attached hydrogens (tertiary/aromatic N) is 2. The van der Waals surface area contributed by atoms with Crippen LogP contribution < -0.4 is 14.4 Å². The maximum Gasteiger partial charge on any atom is 0.310 e. The third-order valence-electron chi connectivity index (χ3n) is 6.42. The molecule has 37 heavy (non-hydrogen) atoms. The monoisotopic (exact) mass is 524 g/mol. The molecule has 4 rings (SSSR count). The molecule has 0 aliphatic carbocycles. The Morgan fingerprint density at radius 1 is 1.11 bits per heavy atom. The van der Waals surface area contributed by atoms with Crippen molar-refractivity contribution in [2.45, 2.75) is 31.6 Å². The Morgan fingerprint density at radius 3 is 2.65 bits per heavy atom. The van der Waals surface area contributed by atoms with E-state index in [9.17, 15) is 14.4 Å². The Kier molecular flexibility index (Phi) is 8.43. The van der Waals surface area contributed by atoms with Crippen LogP contribution in [0.15, 0.2) is 46.2 Å². The molecule has 0 bridgehead atoms. The third kappa shape index (κ3) is 5.77. The number of carbonyl (C=O) groups is 3. The number of likely N-dealkylation sites (tertiary alicyclic amines) is 1. The van der Waals surface area contributed by atoms with E-state index in [-0.39, 0.29) is 23.7 Å². The average Bonchev–Trinajstić information content (AvgIpc) is 2.92. The number of carbonyl (C=O) groups excluding carboxylic acids is 3. The highest BCUT2D eigenvalue weighted by Gasteiger charge is 2.32. The van der Waals surface area contributed by atoms with Crippen LogP contribution >= 0.6 is 11.8 Å². The lowest BCUT2D eigenvalue weighted by molar-refractivity contribution is -0.149. The smallest absolute Gasteiger partial charge is 0.310 e. The zero-order valence-corrected chi connectivity index (χ0v) is 22.4. The van der Waals surface area contributed by atoms with Crippen LogP contribution in [0.4, 0.5) is 5.69 Å². The number of rotatable bonds is 7. The van der Waals surface area contributed by atoms with E-state index in [1.807, 2.05) is 37.3 Å². The summed E-state index contributed by atoms with van der Waals surface area (Å²) in [7, 11) is 3.29. The highest BCUT2D eigenvalue weighted by Crippen LogP contribution is 2.42. The van der Waals surface area contributed by atoms with Crippen molar-refractivity contribution in [2.75, 3.05) is 45.4 Å². The van der Waals surface area contributed by atoms with E-state index in [4.69, 9.17) is 14.2 Å². The second kappa shape index (κ2) is 11.7. The Bertz CT molecular complexity index is 1230. The molecule has 0 radical (unpaired) electrons. The Balaban J connectivity index is 1.54. The third-order valence-corrected chi connectivity index (χ3v) is 7.49. The van der Waals surface area contributed by atoms with Gasteiger partial charge in [0.15, 0.2) is 11.5 Å². The van der Waals surface area contributed by atoms with Crippen molar-refractivity contribution >= 4 is 41.3 Å². The van der Waals surface area contributed by atoms with E-state index < -0.39 is 0 Å². The lowest BCUT2D eigenvalue weighted by Crippen LogP contribution is -2.43. The molecule has 2 aliphatic rings. The largest absolute Gasteiger partial charge is 0.493 e. The van der Waals surface area contributed by atoms with E-state index in [0.29, 0.717) is 54.0 Å². The molecule has 8 nitrogen and oxygen atoms in total. The molecule has 2 amide bonds. The topological polar surface area (TPSA) is 85.4 Å². The van der Waals surface area contributed by atoms with Crippen molar-refractivity contribution in [3.8, 4) is 11.5 Å². The molecule has 0 saturated carbocycles. The molecule has 196 valence electrons. The number of amides is 2. The van der Waals surface area contributed by atoms with Crippen LogP contribution in [-0.2, 0) is 14.3 Å². The van der Waals surface area contributed by atoms with E-state index in [1.165, 1.54) is 11.8 Å². The van der Waals surface area contributed by atoms with Crippen molar-refractivity contribution in [2.24, 2.45) is 5.92 Å². The first-order valence-electron chi connectivity index (χ1n) is 12.4. The Labute approximate surface area is 221 Å². The lowest BCUT2D eigenvalue weighted by Gasteiger charge is -2.32. The number of anilines is 1. The fourth-order valence-electron chi connectivity index (χ4n) is 4.52. The predicted molar refractivity (Wildman–Crippen MR) is 143 cm³/mol. The molecule has 2 aromatic carbocycles. The van der Waals surface area contributed by atoms with Crippen LogP contribution in [0, 0.1) is 5.92 Å². The lowest BCUT2D eigenvalue weighted by atomic mass is 9.97. The molecular formula is C28H32N2O6S. The van der Waals surface area contributed by atoms with Gasteiger partial charge in [0.2, 0.25) is 0 Å². The number of fused-ring (bicyclic) bond motifs is 1. The summed E-state index contributed by atoms with van der Waals surface area (Å²) in [5.41, 5.74) is 1.99. The van der Waals surface area contributed by atoms with Crippen molar-refractivity contribution in [1.29, 1.82) is 0 Å². The standard InChI is InChI=1S/C28H32N2O6S/c1-5-35-22-11-9-18(14-23(22)34-4)15-25-27(32)29(3)21-16-19(10-12-24(21)37-25)26(31)30-13-7-8-20(17-30)28(33)36-6-2/h9-12,14-16,20H,5-8,13,17H2,1-4H3/b25-15+/t20-/m0/s1. The van der Waals surface area contributed by atoms with Crippen molar-refractivity contribution in [3.05, 3.63) is 52.4 Å². The minimum Gasteiger partial charge on any atom is -0.493 e. The first-order valence-corrected chi connectivity index (χ1v) is 13.3. The fourth-order valence-corrected chi connectivity index (χ4v) is 5.62. The number of methoxy groups -OCH3 is 1. The molecule has 2 aromatic rings. The molecule has 1 saturated heterocycles. The van der Waals surface area contributed by atoms with Gasteiger partial charge in [-0.05, 0) is 68.7 Å². The van der Waals surface area contributed by atoms with Gasteiger partial charge in [-0.1, -0.05) is 17.8 Å². The van der Waals surface area contributed by atoms with Gasteiger partial charge in [-0.3, -0.25) is 14.4 Å². The van der Waals surface area contributed by atoms with Gasteiger partial charge in [-0.25, -0.2) is 0 Å². The van der Waals surface area contributed by atoms with Gasteiger partial charge in [0.05, 0.1) is 36.8 Å². The summed E-state index contributed by atoms with van der Waals surface area (Å²) < 4.78 is 16.2. The number of esters is 1. The zero-order chi connectivity index (χ0) is 26.5. The Hall–Kier alpha value is -3.46. The van der Waals surface area contributed by atoms with Crippen LogP contribution in [0.1, 0.15) is 42.6 Å². The number of ether oxygens (including phenoxy) is 3. The SMILES string of the molecule is CCOC(=O)[C@H]1CCCN(C(=O)c2ccc3c(c2)N(C)C(=O)/C(=C\c2ccc(OCC)c(OC)c2)S3)C1. The summed E-state index contributed by atoms with van der Waals surface area (Å²) in [5.74, 6) is 0.391. The summed E-state index contributed by atoms with van der Waals surface area (Å²) in [6, 6.07) is 11.0. The summed E-state index contributed by atoms with van der Waals surface area (Å²) >= 11 is 1.37. The van der Waals surface area contributed by atoms with E-state index in [1.54, 1.807) is 43.0 Å². The van der Waals surface area contributed by atoms with Gasteiger partial charge >= 0.3 is 5.97 Å². The number of hydrogen-bond donors (Lipinski definition) is 0. The molecule has 0 unspecified atom stereocenters. The van der Waals surface area contributed by atoms with Gasteiger partial charge in [0.25, 0.3) is 11.8 Å². The number of benzene rings is 2. The minimum atomic E-state index is -0.302. The maximum absolute atomic E-state index is 13.3. The number of thioether (sulfide) groups is 1. The minimum absolute atomic E-state index is 0.148. The Morgan fingerprint density at radius 2 is 1.92 bits per heavy atom. The molecular weight excluding hydrogens is 492 g/mol. The molecule has 2 heterocycles. The van der Waals surface area contributed by atoms with Gasteiger partial charge in [0.1, 0.15) is 0 Å². The van der Waals surface area contributed by atoms with Crippen molar-refractivity contribution in [3.63, 3.8) is 0 Å². The first-order chi connectivity index (χ1) is 17.9. The average molecular weight is 525 g/mol. The maximum atomic E-state index is 13.3. The van der Waals surface area contributed by atoms with Crippen LogP contribution in [-0.4, -0.2) is 63.1 Å². The molecule has 0 aromatic heterocycles. The summed E-state index contributed by atoms with van der Waals surface area (Å²) in [4.78, 5) is 43.4. The molecule has 0 spiro atoms. The van der Waals surface area contributed by atoms with Gasteiger partial charge < -0.3 is 24.0 Å². The highest BCUT2D eigenvalue weighted by molar-refractivity contribution is 8.04. The van der Waals surface area contributed by atoms with E-state index >= 15 is 0 Å². The van der Waals surface area contributed by atoms with Crippen molar-refractivity contribution in [1.82, 2.24) is 4.90 Å². The highest BCUT2D eigenvalue weighted by atomic mass is 32.2. The molecule has 2 aliphatic heterocycles. The molecule has 1 fully saturated rings. The van der Waals surface area contributed by atoms with Crippen molar-refractivity contribution < 1.29 is 28.6 Å². The summed E-state index contributed by atoms with van der Waals surface area (Å²) in [6.07, 6.45) is 3.29. The number of likely N-dealkylation sites (N-methyl/N-ethyl adjacent to an activating group) is 1. The van der Waals surface area contributed by atoms with Crippen LogP contribution in [0.5, 0.6) is 11.5 Å². The zero-order valence-electron chi connectivity index (χ0n) is 21.6. The van der Waals surface area contributed by atoms with Gasteiger partial charge in [0, 0.05) is 30.6 Å². The second-order valence-corrected chi connectivity index (χ2v) is 9.93. The predicted octanol–water partition coefficient (Wildman–Crippen LogP) is 4.62. The fraction of sp³-hybridized carbons (Fsp3) is 0.393. The first kappa shape index (κ1) is 26.6.